The average Bonchev–Trinajstić information content (AvgIpc) is 2.21. The van der Waals surface area contributed by atoms with E-state index >= 15 is 0 Å². The second-order valence-corrected chi connectivity index (χ2v) is 5.68. The molecule has 1 rings (SSSR count). The van der Waals surface area contributed by atoms with E-state index in [2.05, 4.69) is 32.6 Å². The average molecular weight is 228 g/mol. The largest absolute Gasteiger partial charge is 0.376 e. The Kier molecular flexibility index (Phi) is 5.73. The SMILES string of the molecule is CC(C)CC(CN)CN1CC(C)OCC1C. The van der Waals surface area contributed by atoms with Crippen LogP contribution in [0.1, 0.15) is 34.1 Å². The minimum atomic E-state index is 0.369. The Hall–Kier alpha value is -0.120. The van der Waals surface area contributed by atoms with Gasteiger partial charge < -0.3 is 10.5 Å². The Morgan fingerprint density at radius 1 is 1.38 bits per heavy atom. The third-order valence-corrected chi connectivity index (χ3v) is 3.37. The summed E-state index contributed by atoms with van der Waals surface area (Å²) in [5.74, 6) is 1.37. The standard InChI is InChI=1S/C13H28N2O/c1-10(2)5-13(6-14)8-15-7-12(4)16-9-11(15)3/h10-13H,5-9,14H2,1-4H3. The molecule has 2 N–H and O–H groups in total. The van der Waals surface area contributed by atoms with Gasteiger partial charge in [0, 0.05) is 19.1 Å². The summed E-state index contributed by atoms with van der Waals surface area (Å²) in [4.78, 5) is 2.54. The van der Waals surface area contributed by atoms with Crippen molar-refractivity contribution < 1.29 is 4.74 Å². The lowest BCUT2D eigenvalue weighted by Gasteiger charge is -2.38. The maximum Gasteiger partial charge on any atom is 0.0674 e. The zero-order valence-corrected chi connectivity index (χ0v) is 11.3. The molecule has 96 valence electrons. The second-order valence-electron chi connectivity index (χ2n) is 5.68. The van der Waals surface area contributed by atoms with Crippen molar-refractivity contribution in [3.8, 4) is 0 Å². The van der Waals surface area contributed by atoms with Crippen LogP contribution in [0.2, 0.25) is 0 Å². The first-order chi connectivity index (χ1) is 7.52. The normalized spacial score (nSPS) is 29.6. The summed E-state index contributed by atoms with van der Waals surface area (Å²) in [5, 5.41) is 0. The fraction of sp³-hybridized carbons (Fsp3) is 1.00. The molecule has 0 aromatic carbocycles. The van der Waals surface area contributed by atoms with Gasteiger partial charge in [0.2, 0.25) is 0 Å². The van der Waals surface area contributed by atoms with Crippen molar-refractivity contribution in [2.75, 3.05) is 26.2 Å². The second kappa shape index (κ2) is 6.58. The van der Waals surface area contributed by atoms with Crippen molar-refractivity contribution in [3.05, 3.63) is 0 Å². The molecule has 16 heavy (non-hydrogen) atoms. The van der Waals surface area contributed by atoms with Crippen molar-refractivity contribution in [2.45, 2.75) is 46.3 Å². The molecule has 1 aliphatic heterocycles. The molecule has 1 heterocycles. The number of nitrogens with two attached hydrogens (primary N) is 1. The van der Waals surface area contributed by atoms with Gasteiger partial charge in [0.25, 0.3) is 0 Å². The molecule has 0 spiro atoms. The molecule has 3 nitrogen and oxygen atoms in total. The minimum absolute atomic E-state index is 0.369. The molecule has 0 bridgehead atoms. The summed E-state index contributed by atoms with van der Waals surface area (Å²) in [7, 11) is 0. The highest BCUT2D eigenvalue weighted by atomic mass is 16.5. The number of hydrogen-bond donors (Lipinski definition) is 1. The van der Waals surface area contributed by atoms with E-state index in [0.717, 1.165) is 32.2 Å². The van der Waals surface area contributed by atoms with Gasteiger partial charge >= 0.3 is 0 Å². The zero-order chi connectivity index (χ0) is 12.1. The van der Waals surface area contributed by atoms with E-state index in [-0.39, 0.29) is 0 Å². The fourth-order valence-electron chi connectivity index (χ4n) is 2.47. The van der Waals surface area contributed by atoms with E-state index in [1.807, 2.05) is 0 Å². The van der Waals surface area contributed by atoms with Crippen LogP contribution in [0.3, 0.4) is 0 Å². The molecule has 0 aromatic rings. The van der Waals surface area contributed by atoms with E-state index < -0.39 is 0 Å². The molecule has 1 fully saturated rings. The Labute approximate surface area is 100 Å². The summed E-state index contributed by atoms with van der Waals surface area (Å²) >= 11 is 0. The zero-order valence-electron chi connectivity index (χ0n) is 11.3. The number of nitrogens with zero attached hydrogens (tertiary/aromatic N) is 1. The van der Waals surface area contributed by atoms with Gasteiger partial charge in [0.1, 0.15) is 0 Å². The van der Waals surface area contributed by atoms with Gasteiger partial charge in [0.15, 0.2) is 0 Å². The molecule has 1 saturated heterocycles. The fourth-order valence-corrected chi connectivity index (χ4v) is 2.47. The highest BCUT2D eigenvalue weighted by molar-refractivity contribution is 4.78. The van der Waals surface area contributed by atoms with Crippen LogP contribution in [0.5, 0.6) is 0 Å². The van der Waals surface area contributed by atoms with Gasteiger partial charge in [0.05, 0.1) is 12.7 Å². The molecule has 1 aliphatic rings. The lowest BCUT2D eigenvalue weighted by atomic mass is 9.96. The summed E-state index contributed by atoms with van der Waals surface area (Å²) < 4.78 is 5.64. The van der Waals surface area contributed by atoms with Crippen LogP contribution < -0.4 is 5.73 Å². The third-order valence-electron chi connectivity index (χ3n) is 3.37. The Balaban J connectivity index is 2.42. The number of rotatable bonds is 5. The van der Waals surface area contributed by atoms with Gasteiger partial charge in [-0.15, -0.1) is 0 Å². The first-order valence-corrected chi connectivity index (χ1v) is 6.58. The van der Waals surface area contributed by atoms with Crippen molar-refractivity contribution >= 4 is 0 Å². The van der Waals surface area contributed by atoms with Crippen LogP contribution in [-0.2, 0) is 4.74 Å². The topological polar surface area (TPSA) is 38.5 Å². The predicted molar refractivity (Wildman–Crippen MR) is 68.4 cm³/mol. The first-order valence-electron chi connectivity index (χ1n) is 6.58. The maximum atomic E-state index is 5.86. The van der Waals surface area contributed by atoms with Gasteiger partial charge in [-0.25, -0.2) is 0 Å². The van der Waals surface area contributed by atoms with Crippen molar-refractivity contribution in [1.82, 2.24) is 4.90 Å². The lowest BCUT2D eigenvalue weighted by molar-refractivity contribution is -0.0545. The van der Waals surface area contributed by atoms with E-state index in [9.17, 15) is 0 Å². The molecule has 0 radical (unpaired) electrons. The molecular weight excluding hydrogens is 200 g/mol. The van der Waals surface area contributed by atoms with Gasteiger partial charge in [-0.1, -0.05) is 13.8 Å². The predicted octanol–water partition coefficient (Wildman–Crippen LogP) is 1.72. The summed E-state index contributed by atoms with van der Waals surface area (Å²) in [6, 6.07) is 0.539. The highest BCUT2D eigenvalue weighted by Gasteiger charge is 2.25. The van der Waals surface area contributed by atoms with Crippen molar-refractivity contribution in [2.24, 2.45) is 17.6 Å². The van der Waals surface area contributed by atoms with E-state index in [0.29, 0.717) is 18.1 Å². The van der Waals surface area contributed by atoms with Crippen molar-refractivity contribution in [1.29, 1.82) is 0 Å². The smallest absolute Gasteiger partial charge is 0.0674 e. The van der Waals surface area contributed by atoms with E-state index in [4.69, 9.17) is 10.5 Å². The minimum Gasteiger partial charge on any atom is -0.376 e. The molecule has 0 aromatic heterocycles. The molecule has 3 atom stereocenters. The molecule has 0 saturated carbocycles. The summed E-state index contributed by atoms with van der Waals surface area (Å²) in [5.41, 5.74) is 5.86. The Morgan fingerprint density at radius 2 is 2.06 bits per heavy atom. The third kappa shape index (κ3) is 4.40. The monoisotopic (exact) mass is 228 g/mol. The maximum absolute atomic E-state index is 5.86. The van der Waals surface area contributed by atoms with Crippen LogP contribution in [0.4, 0.5) is 0 Å². The van der Waals surface area contributed by atoms with Crippen LogP contribution in [0.25, 0.3) is 0 Å². The van der Waals surface area contributed by atoms with Gasteiger partial charge in [-0.3, -0.25) is 4.90 Å². The Bertz CT molecular complexity index is 196. The molecular formula is C13H28N2O. The van der Waals surface area contributed by atoms with Crippen LogP contribution in [-0.4, -0.2) is 43.3 Å². The molecule has 0 aliphatic carbocycles. The van der Waals surface area contributed by atoms with E-state index in [1.54, 1.807) is 0 Å². The number of morpholine rings is 1. The van der Waals surface area contributed by atoms with Crippen molar-refractivity contribution in [3.63, 3.8) is 0 Å². The van der Waals surface area contributed by atoms with Crippen LogP contribution >= 0.6 is 0 Å². The molecule has 3 unspecified atom stereocenters. The number of hydrogen-bond acceptors (Lipinski definition) is 3. The van der Waals surface area contributed by atoms with E-state index in [1.165, 1.54) is 6.42 Å². The lowest BCUT2D eigenvalue weighted by Crippen LogP contribution is -2.49. The molecule has 0 amide bonds. The highest BCUT2D eigenvalue weighted by Crippen LogP contribution is 2.17. The Morgan fingerprint density at radius 3 is 2.62 bits per heavy atom. The van der Waals surface area contributed by atoms with Crippen LogP contribution in [0.15, 0.2) is 0 Å². The van der Waals surface area contributed by atoms with Gasteiger partial charge in [-0.05, 0) is 38.6 Å². The van der Waals surface area contributed by atoms with Crippen LogP contribution in [0, 0.1) is 11.8 Å². The quantitative estimate of drug-likeness (QED) is 0.778. The first kappa shape index (κ1) is 13.9. The number of ether oxygens (including phenoxy) is 1. The molecule has 3 heteroatoms. The summed E-state index contributed by atoms with van der Waals surface area (Å²) in [6.45, 7) is 12.8. The summed E-state index contributed by atoms with van der Waals surface area (Å²) in [6.07, 6.45) is 1.60. The van der Waals surface area contributed by atoms with Gasteiger partial charge in [-0.2, -0.15) is 0 Å².